The first-order chi connectivity index (χ1) is 13.5. The van der Waals surface area contributed by atoms with Gasteiger partial charge in [-0.2, -0.15) is 5.26 Å². The van der Waals surface area contributed by atoms with Crippen LogP contribution in [-0.4, -0.2) is 28.5 Å². The first-order valence-corrected chi connectivity index (χ1v) is 9.49. The van der Waals surface area contributed by atoms with E-state index in [1.54, 1.807) is 12.3 Å². The van der Waals surface area contributed by atoms with Crippen LogP contribution in [0.1, 0.15) is 44.6 Å². The molecule has 144 valence electrons. The summed E-state index contributed by atoms with van der Waals surface area (Å²) < 4.78 is 5.21. The van der Waals surface area contributed by atoms with Crippen LogP contribution in [0.2, 0.25) is 0 Å². The van der Waals surface area contributed by atoms with E-state index in [1.807, 2.05) is 30.3 Å². The Balaban J connectivity index is 1.61. The van der Waals surface area contributed by atoms with Gasteiger partial charge in [0.1, 0.15) is 5.54 Å². The molecule has 0 spiro atoms. The van der Waals surface area contributed by atoms with E-state index in [4.69, 9.17) is 4.74 Å². The Morgan fingerprint density at radius 1 is 1.25 bits per heavy atom. The summed E-state index contributed by atoms with van der Waals surface area (Å²) in [7, 11) is 0. The van der Waals surface area contributed by atoms with Crippen molar-refractivity contribution in [2.45, 2.75) is 50.7 Å². The molecule has 1 aromatic heterocycles. The van der Waals surface area contributed by atoms with Crippen LogP contribution in [-0.2, 0) is 14.3 Å². The highest BCUT2D eigenvalue weighted by molar-refractivity contribution is 5.94. The lowest BCUT2D eigenvalue weighted by Gasteiger charge is -2.32. The molecule has 1 atom stereocenters. The first-order valence-electron chi connectivity index (χ1n) is 9.49. The Kier molecular flexibility index (Phi) is 6.05. The molecule has 1 heterocycles. The molecule has 1 unspecified atom stereocenters. The molecule has 6 heteroatoms. The molecule has 6 nitrogen and oxygen atoms in total. The molecule has 0 bridgehead atoms. The minimum Gasteiger partial charge on any atom is -0.449 e. The van der Waals surface area contributed by atoms with E-state index in [2.05, 4.69) is 16.4 Å². The predicted molar refractivity (Wildman–Crippen MR) is 106 cm³/mol. The second-order valence-corrected chi connectivity index (χ2v) is 7.08. The standard InChI is InChI=1S/C22H23N3O3/c1-16(21(27)25-22(15-23)12-3-2-4-13-22)28-19(26)11-10-18-8-5-7-17-9-6-14-24-20(17)18/h5-11,14,16H,2-4,12-13H2,1H3,(H,25,27)/b11-10+. The third-order valence-electron chi connectivity index (χ3n) is 5.01. The molecule has 28 heavy (non-hydrogen) atoms. The third-order valence-corrected chi connectivity index (χ3v) is 5.01. The number of aromatic nitrogens is 1. The summed E-state index contributed by atoms with van der Waals surface area (Å²) in [4.78, 5) is 28.9. The average Bonchev–Trinajstić information content (AvgIpc) is 2.72. The van der Waals surface area contributed by atoms with Crippen LogP contribution in [0.4, 0.5) is 0 Å². The van der Waals surface area contributed by atoms with Crippen LogP contribution in [0.15, 0.2) is 42.6 Å². The normalized spacial score (nSPS) is 17.0. The summed E-state index contributed by atoms with van der Waals surface area (Å²) in [5, 5.41) is 13.2. The second-order valence-electron chi connectivity index (χ2n) is 7.08. The van der Waals surface area contributed by atoms with Gasteiger partial charge in [-0.1, -0.05) is 43.5 Å². The Bertz CT molecular complexity index is 934. The van der Waals surface area contributed by atoms with Gasteiger partial charge >= 0.3 is 5.97 Å². The van der Waals surface area contributed by atoms with E-state index in [-0.39, 0.29) is 0 Å². The zero-order valence-electron chi connectivity index (χ0n) is 15.9. The van der Waals surface area contributed by atoms with E-state index >= 15 is 0 Å². The Morgan fingerprint density at radius 3 is 2.75 bits per heavy atom. The smallest absolute Gasteiger partial charge is 0.331 e. The Labute approximate surface area is 164 Å². The number of ether oxygens (including phenoxy) is 1. The number of benzene rings is 1. The fraction of sp³-hybridized carbons (Fsp3) is 0.364. The quantitative estimate of drug-likeness (QED) is 0.636. The van der Waals surface area contributed by atoms with Gasteiger partial charge in [0, 0.05) is 23.2 Å². The minimum atomic E-state index is -0.977. The lowest BCUT2D eigenvalue weighted by Crippen LogP contribution is -2.52. The number of amides is 1. The molecule has 2 aromatic rings. The van der Waals surface area contributed by atoms with Crippen molar-refractivity contribution in [3.63, 3.8) is 0 Å². The molecule has 0 saturated heterocycles. The lowest BCUT2D eigenvalue weighted by molar-refractivity contribution is -0.150. The van der Waals surface area contributed by atoms with Gasteiger partial charge in [0.05, 0.1) is 11.6 Å². The summed E-state index contributed by atoms with van der Waals surface area (Å²) in [6.07, 6.45) is 7.77. The maximum atomic E-state index is 12.4. The van der Waals surface area contributed by atoms with Crippen molar-refractivity contribution in [2.75, 3.05) is 0 Å². The van der Waals surface area contributed by atoms with Crippen molar-refractivity contribution in [3.8, 4) is 6.07 Å². The van der Waals surface area contributed by atoms with Crippen LogP contribution in [0.3, 0.4) is 0 Å². The van der Waals surface area contributed by atoms with Crippen LogP contribution < -0.4 is 5.32 Å². The maximum Gasteiger partial charge on any atom is 0.331 e. The van der Waals surface area contributed by atoms with E-state index in [0.717, 1.165) is 35.7 Å². The summed E-state index contributed by atoms with van der Waals surface area (Å²) in [6, 6.07) is 11.7. The molecule has 1 aliphatic carbocycles. The van der Waals surface area contributed by atoms with Crippen LogP contribution in [0.25, 0.3) is 17.0 Å². The zero-order chi connectivity index (χ0) is 20.0. The van der Waals surface area contributed by atoms with Crippen LogP contribution in [0.5, 0.6) is 0 Å². The van der Waals surface area contributed by atoms with Gasteiger partial charge in [0.2, 0.25) is 0 Å². The van der Waals surface area contributed by atoms with Crippen molar-refractivity contribution < 1.29 is 14.3 Å². The summed E-state index contributed by atoms with van der Waals surface area (Å²) in [5.74, 6) is -1.07. The number of pyridine rings is 1. The number of rotatable bonds is 5. The van der Waals surface area contributed by atoms with Gasteiger partial charge in [-0.05, 0) is 31.9 Å². The number of esters is 1. The summed E-state index contributed by atoms with van der Waals surface area (Å²) in [6.45, 7) is 1.51. The van der Waals surface area contributed by atoms with Crippen molar-refractivity contribution in [1.29, 1.82) is 5.26 Å². The Hall–Kier alpha value is -3.20. The molecule has 1 aliphatic rings. The van der Waals surface area contributed by atoms with Gasteiger partial charge < -0.3 is 10.1 Å². The molecular weight excluding hydrogens is 354 g/mol. The number of nitrogens with one attached hydrogen (secondary N) is 1. The number of nitriles is 1. The summed E-state index contributed by atoms with van der Waals surface area (Å²) in [5.41, 5.74) is 0.728. The fourth-order valence-electron chi connectivity index (χ4n) is 3.44. The van der Waals surface area contributed by atoms with Gasteiger partial charge in [-0.15, -0.1) is 0 Å². The highest BCUT2D eigenvalue weighted by Crippen LogP contribution is 2.27. The van der Waals surface area contributed by atoms with Crippen molar-refractivity contribution in [1.82, 2.24) is 10.3 Å². The van der Waals surface area contributed by atoms with E-state index < -0.39 is 23.5 Å². The minimum absolute atomic E-state index is 0.447. The van der Waals surface area contributed by atoms with E-state index in [1.165, 1.54) is 13.0 Å². The molecule has 0 radical (unpaired) electrons. The predicted octanol–water partition coefficient (Wildman–Crippen LogP) is 3.52. The SMILES string of the molecule is CC(OC(=O)/C=C/c1cccc2cccnc12)C(=O)NC1(C#N)CCCCC1. The van der Waals surface area contributed by atoms with Gasteiger partial charge in [-0.25, -0.2) is 4.79 Å². The zero-order valence-corrected chi connectivity index (χ0v) is 15.9. The third kappa shape index (κ3) is 4.55. The monoisotopic (exact) mass is 377 g/mol. The molecule has 1 amide bonds. The number of carbonyl (C=O) groups is 2. The van der Waals surface area contributed by atoms with Crippen LogP contribution in [0, 0.1) is 11.3 Å². The van der Waals surface area contributed by atoms with E-state index in [9.17, 15) is 14.9 Å². The second kappa shape index (κ2) is 8.66. The molecule has 1 saturated carbocycles. The molecule has 3 rings (SSSR count). The van der Waals surface area contributed by atoms with E-state index in [0.29, 0.717) is 12.8 Å². The Morgan fingerprint density at radius 2 is 2.00 bits per heavy atom. The van der Waals surface area contributed by atoms with Crippen LogP contribution >= 0.6 is 0 Å². The highest BCUT2D eigenvalue weighted by atomic mass is 16.5. The molecular formula is C22H23N3O3. The first kappa shape index (κ1) is 19.6. The van der Waals surface area contributed by atoms with Crippen molar-refractivity contribution in [2.24, 2.45) is 0 Å². The number of hydrogen-bond acceptors (Lipinski definition) is 5. The average molecular weight is 377 g/mol. The number of nitrogens with zero attached hydrogens (tertiary/aromatic N) is 2. The highest BCUT2D eigenvalue weighted by Gasteiger charge is 2.35. The fourth-order valence-corrected chi connectivity index (χ4v) is 3.44. The molecule has 1 fully saturated rings. The van der Waals surface area contributed by atoms with Crippen molar-refractivity contribution >= 4 is 28.9 Å². The maximum absolute atomic E-state index is 12.4. The number of fused-ring (bicyclic) bond motifs is 1. The number of hydrogen-bond donors (Lipinski definition) is 1. The topological polar surface area (TPSA) is 92.1 Å². The number of para-hydroxylation sites is 1. The largest absolute Gasteiger partial charge is 0.449 e. The molecule has 0 aliphatic heterocycles. The number of carbonyl (C=O) groups excluding carboxylic acids is 2. The van der Waals surface area contributed by atoms with Gasteiger partial charge in [0.25, 0.3) is 5.91 Å². The van der Waals surface area contributed by atoms with Crippen molar-refractivity contribution in [3.05, 3.63) is 48.2 Å². The lowest BCUT2D eigenvalue weighted by atomic mass is 9.83. The molecule has 1 aromatic carbocycles. The van der Waals surface area contributed by atoms with Gasteiger partial charge in [-0.3, -0.25) is 9.78 Å². The van der Waals surface area contributed by atoms with Gasteiger partial charge in [0.15, 0.2) is 6.10 Å². The molecule has 1 N–H and O–H groups in total. The summed E-state index contributed by atoms with van der Waals surface area (Å²) >= 11 is 0.